The normalized spacial score (nSPS) is 19.1. The molecule has 1 saturated heterocycles. The lowest BCUT2D eigenvalue weighted by molar-refractivity contribution is -0.147. The van der Waals surface area contributed by atoms with Gasteiger partial charge in [0.1, 0.15) is 6.04 Å². The minimum absolute atomic E-state index is 0.203. The molecule has 0 aromatic carbocycles. The number of carbonyl (C=O) groups is 3. The number of carbonyl (C=O) groups excluding carboxylic acids is 2. The minimum atomic E-state index is -1.26. The van der Waals surface area contributed by atoms with Gasteiger partial charge in [0.15, 0.2) is 0 Å². The maximum absolute atomic E-state index is 12.0. The van der Waals surface area contributed by atoms with Crippen molar-refractivity contribution >= 4 is 18.0 Å². The topological polar surface area (TPSA) is 95.9 Å². The van der Waals surface area contributed by atoms with Crippen LogP contribution < -0.4 is 5.32 Å². The molecule has 1 atom stereocenters. The first kappa shape index (κ1) is 16.3. The number of rotatable bonds is 4. The molecule has 1 aliphatic heterocycles. The van der Waals surface area contributed by atoms with Crippen LogP contribution in [-0.2, 0) is 14.3 Å². The van der Waals surface area contributed by atoms with E-state index in [9.17, 15) is 14.4 Å². The molecule has 2 N–H and O–H groups in total. The highest BCUT2D eigenvalue weighted by Crippen LogP contribution is 2.29. The summed E-state index contributed by atoms with van der Waals surface area (Å²) in [6.45, 7) is 5.45. The quantitative estimate of drug-likeness (QED) is 0.746. The molecular weight excluding hydrogens is 264 g/mol. The summed E-state index contributed by atoms with van der Waals surface area (Å²) >= 11 is 0. The molecule has 1 fully saturated rings. The Labute approximate surface area is 118 Å². The number of hydrogen-bond acceptors (Lipinski definition) is 4. The molecule has 7 heteroatoms. The molecule has 0 unspecified atom stereocenters. The largest absolute Gasteiger partial charge is 0.480 e. The zero-order chi connectivity index (χ0) is 15.3. The maximum atomic E-state index is 12.0. The van der Waals surface area contributed by atoms with E-state index in [1.165, 1.54) is 7.11 Å². The summed E-state index contributed by atoms with van der Waals surface area (Å²) in [5.74, 6) is -1.92. The van der Waals surface area contributed by atoms with Gasteiger partial charge in [-0.15, -0.1) is 0 Å². The van der Waals surface area contributed by atoms with Crippen molar-refractivity contribution in [2.45, 2.75) is 39.2 Å². The van der Waals surface area contributed by atoms with E-state index in [1.54, 1.807) is 4.90 Å². The van der Waals surface area contributed by atoms with E-state index in [1.807, 2.05) is 0 Å². The molecule has 1 rings (SSSR count). The number of ether oxygens (including phenoxy) is 1. The van der Waals surface area contributed by atoms with Gasteiger partial charge in [-0.3, -0.25) is 4.79 Å². The van der Waals surface area contributed by atoms with Crippen LogP contribution in [0.25, 0.3) is 0 Å². The Morgan fingerprint density at radius 1 is 1.30 bits per heavy atom. The van der Waals surface area contributed by atoms with E-state index >= 15 is 0 Å². The Balaban J connectivity index is 2.54. The van der Waals surface area contributed by atoms with Gasteiger partial charge in [-0.05, 0) is 18.3 Å². The zero-order valence-electron chi connectivity index (χ0n) is 12.1. The van der Waals surface area contributed by atoms with Crippen LogP contribution in [0.15, 0.2) is 0 Å². The van der Waals surface area contributed by atoms with Gasteiger partial charge in [0, 0.05) is 13.1 Å². The second kappa shape index (κ2) is 6.58. The van der Waals surface area contributed by atoms with Crippen LogP contribution in [0, 0.1) is 5.41 Å². The molecule has 0 aromatic rings. The van der Waals surface area contributed by atoms with Gasteiger partial charge in [0.05, 0.1) is 13.5 Å². The fourth-order valence-corrected chi connectivity index (χ4v) is 2.01. The molecule has 0 spiro atoms. The Kier molecular flexibility index (Phi) is 5.35. The van der Waals surface area contributed by atoms with Crippen molar-refractivity contribution in [3.8, 4) is 0 Å². The molecule has 2 amide bonds. The van der Waals surface area contributed by atoms with Crippen LogP contribution in [0.1, 0.15) is 33.1 Å². The van der Waals surface area contributed by atoms with Crippen molar-refractivity contribution in [3.63, 3.8) is 0 Å². The fraction of sp³-hybridized carbons (Fsp3) is 0.769. The number of esters is 1. The smallest absolute Gasteiger partial charge is 0.326 e. The number of likely N-dealkylation sites (tertiary alicyclic amines) is 1. The third kappa shape index (κ3) is 4.71. The highest BCUT2D eigenvalue weighted by atomic mass is 16.5. The molecule has 7 nitrogen and oxygen atoms in total. The summed E-state index contributed by atoms with van der Waals surface area (Å²) in [6.07, 6.45) is 1.36. The summed E-state index contributed by atoms with van der Waals surface area (Å²) in [5.41, 5.74) is 0.203. The van der Waals surface area contributed by atoms with Crippen LogP contribution in [-0.4, -0.2) is 54.2 Å². The fourth-order valence-electron chi connectivity index (χ4n) is 2.01. The second-order valence-corrected chi connectivity index (χ2v) is 5.77. The number of amides is 2. The average molecular weight is 286 g/mol. The van der Waals surface area contributed by atoms with Gasteiger partial charge >= 0.3 is 18.0 Å². The van der Waals surface area contributed by atoms with Gasteiger partial charge in [-0.25, -0.2) is 9.59 Å². The Morgan fingerprint density at radius 2 is 1.85 bits per heavy atom. The number of methoxy groups -OCH3 is 1. The second-order valence-electron chi connectivity index (χ2n) is 5.77. The van der Waals surface area contributed by atoms with Gasteiger partial charge in [0.2, 0.25) is 0 Å². The average Bonchev–Trinajstić information content (AvgIpc) is 2.37. The lowest BCUT2D eigenvalue weighted by Crippen LogP contribution is -2.51. The molecule has 114 valence electrons. The number of aliphatic carboxylic acids is 1. The van der Waals surface area contributed by atoms with E-state index in [2.05, 4.69) is 23.9 Å². The number of piperidine rings is 1. The minimum Gasteiger partial charge on any atom is -0.480 e. The number of hydrogen-bond donors (Lipinski definition) is 2. The maximum Gasteiger partial charge on any atom is 0.326 e. The molecule has 0 aliphatic carbocycles. The van der Waals surface area contributed by atoms with Crippen LogP contribution in [0.5, 0.6) is 0 Å². The third-order valence-electron chi connectivity index (χ3n) is 3.60. The Morgan fingerprint density at radius 3 is 2.30 bits per heavy atom. The monoisotopic (exact) mass is 286 g/mol. The predicted octanol–water partition coefficient (Wildman–Crippen LogP) is 0.834. The first-order valence-corrected chi connectivity index (χ1v) is 6.60. The highest BCUT2D eigenvalue weighted by molar-refractivity contribution is 5.86. The van der Waals surface area contributed by atoms with Gasteiger partial charge in [-0.1, -0.05) is 13.8 Å². The van der Waals surface area contributed by atoms with Crippen molar-refractivity contribution in [1.82, 2.24) is 10.2 Å². The summed E-state index contributed by atoms with van der Waals surface area (Å²) in [6, 6.07) is -1.71. The lowest BCUT2D eigenvalue weighted by atomic mass is 9.83. The third-order valence-corrected chi connectivity index (χ3v) is 3.60. The SMILES string of the molecule is COC(=O)C[C@H](NC(=O)N1CCC(C)(C)CC1)C(=O)O. The molecular formula is C13H22N2O5. The van der Waals surface area contributed by atoms with E-state index in [0.717, 1.165) is 12.8 Å². The summed E-state index contributed by atoms with van der Waals surface area (Å²) in [4.78, 5) is 35.7. The van der Waals surface area contributed by atoms with Crippen molar-refractivity contribution in [2.24, 2.45) is 5.41 Å². The lowest BCUT2D eigenvalue weighted by Gasteiger charge is -2.37. The van der Waals surface area contributed by atoms with Gasteiger partial charge in [0.25, 0.3) is 0 Å². The van der Waals surface area contributed by atoms with Crippen molar-refractivity contribution in [3.05, 3.63) is 0 Å². The van der Waals surface area contributed by atoms with E-state index in [4.69, 9.17) is 5.11 Å². The Hall–Kier alpha value is -1.79. The first-order chi connectivity index (χ1) is 9.25. The van der Waals surface area contributed by atoms with Crippen LogP contribution in [0.2, 0.25) is 0 Å². The first-order valence-electron chi connectivity index (χ1n) is 6.60. The van der Waals surface area contributed by atoms with E-state index < -0.39 is 24.0 Å². The van der Waals surface area contributed by atoms with Crippen LogP contribution >= 0.6 is 0 Å². The van der Waals surface area contributed by atoms with E-state index in [0.29, 0.717) is 13.1 Å². The van der Waals surface area contributed by atoms with Crippen LogP contribution in [0.3, 0.4) is 0 Å². The number of nitrogens with zero attached hydrogens (tertiary/aromatic N) is 1. The summed E-state index contributed by atoms with van der Waals surface area (Å²) in [5, 5.41) is 11.4. The van der Waals surface area contributed by atoms with Gasteiger partial charge in [-0.2, -0.15) is 0 Å². The van der Waals surface area contributed by atoms with Crippen molar-refractivity contribution in [1.29, 1.82) is 0 Å². The molecule has 0 bridgehead atoms. The molecule has 0 saturated carbocycles. The molecule has 0 radical (unpaired) electrons. The number of carboxylic acid groups (broad SMARTS) is 1. The van der Waals surface area contributed by atoms with Crippen molar-refractivity contribution < 1.29 is 24.2 Å². The molecule has 1 aliphatic rings. The Bertz CT molecular complexity index is 384. The predicted molar refractivity (Wildman–Crippen MR) is 71.2 cm³/mol. The number of nitrogens with one attached hydrogen (secondary N) is 1. The standard InChI is InChI=1S/C13H22N2O5/c1-13(2)4-6-15(7-5-13)12(19)14-9(11(17)18)8-10(16)20-3/h9H,4-8H2,1-3H3,(H,14,19)(H,17,18)/t9-/m0/s1. The molecule has 0 aromatic heterocycles. The summed E-state index contributed by atoms with van der Waals surface area (Å²) < 4.78 is 4.42. The molecule has 1 heterocycles. The summed E-state index contributed by atoms with van der Waals surface area (Å²) in [7, 11) is 1.18. The van der Waals surface area contributed by atoms with Gasteiger partial charge < -0.3 is 20.1 Å². The number of urea groups is 1. The van der Waals surface area contributed by atoms with Crippen molar-refractivity contribution in [2.75, 3.05) is 20.2 Å². The highest BCUT2D eigenvalue weighted by Gasteiger charge is 2.30. The molecule has 20 heavy (non-hydrogen) atoms. The zero-order valence-corrected chi connectivity index (χ0v) is 12.1. The van der Waals surface area contributed by atoms with Crippen LogP contribution in [0.4, 0.5) is 4.79 Å². The number of carboxylic acids is 1. The van der Waals surface area contributed by atoms with E-state index in [-0.39, 0.29) is 11.8 Å².